The molecule has 1 amide bonds. The summed E-state index contributed by atoms with van der Waals surface area (Å²) in [4.78, 5) is 23.1. The quantitative estimate of drug-likeness (QED) is 0.800. The highest BCUT2D eigenvalue weighted by Crippen LogP contribution is 2.42. The van der Waals surface area contributed by atoms with Gasteiger partial charge in [0.25, 0.3) is 11.8 Å². The molecular formula is C20H21N8O+. The summed E-state index contributed by atoms with van der Waals surface area (Å²) in [5.74, 6) is 1.23. The summed E-state index contributed by atoms with van der Waals surface area (Å²) < 4.78 is 1.81. The summed E-state index contributed by atoms with van der Waals surface area (Å²) in [7, 11) is 3.67. The van der Waals surface area contributed by atoms with E-state index in [1.54, 1.807) is 35.2 Å². The zero-order valence-electron chi connectivity index (χ0n) is 16.7. The molecule has 146 valence electrons. The number of carbonyl (C=O) groups excluding carboxylic acids is 1. The number of hydrogen-bond acceptors (Lipinski definition) is 6. The standard InChI is InChI=1S/C20H21N8O/c1-20(2)15-6-5-13(9-16(15)27(4)18(20)29)23-19-24-17-11-21-7-8-28(17,25-19)14-10-22-26(3)12-14/h5-12H,1-4H3,(H,23,25)/q+1. The highest BCUT2D eigenvalue weighted by Gasteiger charge is 2.44. The Morgan fingerprint density at radius 3 is 2.79 bits per heavy atom. The molecule has 0 spiro atoms. The van der Waals surface area contributed by atoms with E-state index >= 15 is 0 Å². The second-order valence-electron chi connectivity index (χ2n) is 7.87. The van der Waals surface area contributed by atoms with Crippen LogP contribution in [0.2, 0.25) is 0 Å². The Balaban J connectivity index is 1.51. The third-order valence-corrected chi connectivity index (χ3v) is 5.59. The van der Waals surface area contributed by atoms with Crippen LogP contribution in [0.4, 0.5) is 17.1 Å². The maximum atomic E-state index is 12.5. The summed E-state index contributed by atoms with van der Waals surface area (Å²) in [5, 5.41) is 12.3. The molecule has 2 aromatic rings. The van der Waals surface area contributed by atoms with Gasteiger partial charge in [0.05, 0.1) is 17.8 Å². The topological polar surface area (TPSA) is 87.2 Å². The van der Waals surface area contributed by atoms with Gasteiger partial charge in [0.15, 0.2) is 6.20 Å². The number of amidine groups is 1. The Labute approximate surface area is 168 Å². The molecule has 0 saturated carbocycles. The van der Waals surface area contributed by atoms with Crippen molar-refractivity contribution < 1.29 is 4.79 Å². The molecule has 1 aromatic heterocycles. The molecule has 3 aliphatic heterocycles. The van der Waals surface area contributed by atoms with Gasteiger partial charge in [0.2, 0.25) is 11.6 Å². The first-order chi connectivity index (χ1) is 13.8. The molecule has 1 N–H and O–H groups in total. The van der Waals surface area contributed by atoms with Gasteiger partial charge in [-0.2, -0.15) is 10.1 Å². The van der Waals surface area contributed by atoms with Gasteiger partial charge >= 0.3 is 0 Å². The summed E-state index contributed by atoms with van der Waals surface area (Å²) >= 11 is 0. The van der Waals surface area contributed by atoms with Crippen molar-refractivity contribution in [3.63, 3.8) is 0 Å². The molecule has 5 rings (SSSR count). The molecule has 3 aliphatic rings. The molecule has 29 heavy (non-hydrogen) atoms. The van der Waals surface area contributed by atoms with Crippen molar-refractivity contribution in [2.45, 2.75) is 19.3 Å². The van der Waals surface area contributed by atoms with Crippen molar-refractivity contribution >= 4 is 41.0 Å². The number of aryl methyl sites for hydroxylation is 1. The number of nitrogens with zero attached hydrogens (tertiary/aromatic N) is 7. The minimum atomic E-state index is -0.523. The first kappa shape index (κ1) is 17.5. The number of anilines is 2. The first-order valence-corrected chi connectivity index (χ1v) is 9.29. The second-order valence-corrected chi connectivity index (χ2v) is 7.87. The third kappa shape index (κ3) is 2.40. The second kappa shape index (κ2) is 5.71. The van der Waals surface area contributed by atoms with E-state index in [0.29, 0.717) is 11.8 Å². The highest BCUT2D eigenvalue weighted by molar-refractivity contribution is 6.38. The molecule has 0 saturated heterocycles. The number of aromatic nitrogens is 2. The van der Waals surface area contributed by atoms with E-state index in [-0.39, 0.29) is 10.5 Å². The number of carbonyl (C=O) groups is 1. The Hall–Kier alpha value is -3.59. The number of guanidine groups is 1. The van der Waals surface area contributed by atoms with Crippen LogP contribution in [-0.2, 0) is 17.3 Å². The molecular weight excluding hydrogens is 368 g/mol. The van der Waals surface area contributed by atoms with E-state index in [4.69, 9.17) is 5.10 Å². The van der Waals surface area contributed by atoms with Crippen LogP contribution in [0.1, 0.15) is 19.4 Å². The molecule has 9 heteroatoms. The lowest BCUT2D eigenvalue weighted by Crippen LogP contribution is -2.44. The van der Waals surface area contributed by atoms with Crippen molar-refractivity contribution in [3.05, 3.63) is 48.6 Å². The number of likely N-dealkylation sites (N-methyl/N-ethyl adjacent to an activating group) is 1. The minimum Gasteiger partial charge on any atom is -0.320 e. The number of fused-ring (bicyclic) bond motifs is 2. The lowest BCUT2D eigenvalue weighted by atomic mass is 9.86. The van der Waals surface area contributed by atoms with E-state index in [1.807, 2.05) is 51.5 Å². The monoisotopic (exact) mass is 389 g/mol. The summed E-state index contributed by atoms with van der Waals surface area (Å²) in [6.07, 6.45) is 8.94. The minimum absolute atomic E-state index is 0.0794. The number of quaternary nitrogens is 1. The predicted octanol–water partition coefficient (Wildman–Crippen LogP) is 2.33. The van der Waals surface area contributed by atoms with Gasteiger partial charge in [0, 0.05) is 25.5 Å². The average molecular weight is 389 g/mol. The van der Waals surface area contributed by atoms with Gasteiger partial charge in [-0.15, -0.1) is 0 Å². The van der Waals surface area contributed by atoms with Gasteiger partial charge in [-0.05, 0) is 36.6 Å². The third-order valence-electron chi connectivity index (χ3n) is 5.59. The van der Waals surface area contributed by atoms with Crippen LogP contribution in [-0.4, -0.2) is 40.7 Å². The molecule has 4 heterocycles. The molecule has 9 nitrogen and oxygen atoms in total. The fraction of sp³-hybridized carbons (Fsp3) is 0.250. The maximum Gasteiger partial charge on any atom is 0.287 e. The molecule has 1 atom stereocenters. The number of nitrogens with one attached hydrogen (secondary N) is 1. The van der Waals surface area contributed by atoms with Crippen LogP contribution >= 0.6 is 0 Å². The lowest BCUT2D eigenvalue weighted by Gasteiger charge is -2.21. The Morgan fingerprint density at radius 2 is 2.03 bits per heavy atom. The van der Waals surface area contributed by atoms with Crippen molar-refractivity contribution in [1.29, 1.82) is 0 Å². The smallest absolute Gasteiger partial charge is 0.287 e. The van der Waals surface area contributed by atoms with Crippen LogP contribution in [0.15, 0.2) is 58.1 Å². The number of aliphatic imine (C=N–C) groups is 2. The normalized spacial score (nSPS) is 23.7. The van der Waals surface area contributed by atoms with Gasteiger partial charge < -0.3 is 10.2 Å². The van der Waals surface area contributed by atoms with Crippen molar-refractivity contribution in [1.82, 2.24) is 14.4 Å². The average Bonchev–Trinajstić information content (AvgIpc) is 3.34. The zero-order valence-corrected chi connectivity index (χ0v) is 16.7. The maximum absolute atomic E-state index is 12.5. The van der Waals surface area contributed by atoms with E-state index in [2.05, 4.69) is 20.4 Å². The highest BCUT2D eigenvalue weighted by atomic mass is 16.2. The zero-order chi connectivity index (χ0) is 20.4. The Kier molecular flexibility index (Phi) is 3.45. The first-order valence-electron chi connectivity index (χ1n) is 9.29. The molecule has 1 aromatic carbocycles. The van der Waals surface area contributed by atoms with Crippen LogP contribution in [0, 0.1) is 0 Å². The molecule has 0 bridgehead atoms. The number of hydrogen-bond donors (Lipinski definition) is 1. The summed E-state index contributed by atoms with van der Waals surface area (Å²) in [6, 6.07) is 5.90. The van der Waals surface area contributed by atoms with E-state index in [0.717, 1.165) is 22.6 Å². The summed E-state index contributed by atoms with van der Waals surface area (Å²) in [5.41, 5.74) is 3.07. The number of rotatable bonds is 2. The molecule has 0 radical (unpaired) electrons. The summed E-state index contributed by atoms with van der Waals surface area (Å²) in [6.45, 7) is 3.90. The fourth-order valence-electron chi connectivity index (χ4n) is 3.98. The predicted molar refractivity (Wildman–Crippen MR) is 114 cm³/mol. The van der Waals surface area contributed by atoms with Gasteiger partial charge in [-0.3, -0.25) is 14.5 Å². The SMILES string of the molecule is CN1C(=O)C(C)(C)c2ccc(NC3=N[N+]4(c5cnn(C)c5)C=CN=CC4=N3)cc21. The Morgan fingerprint density at radius 1 is 1.21 bits per heavy atom. The molecule has 0 aliphatic carbocycles. The Bertz CT molecular complexity index is 1170. The molecule has 1 unspecified atom stereocenters. The van der Waals surface area contributed by atoms with Crippen molar-refractivity contribution in [3.8, 4) is 0 Å². The van der Waals surface area contributed by atoms with E-state index < -0.39 is 5.41 Å². The van der Waals surface area contributed by atoms with Crippen molar-refractivity contribution in [2.75, 3.05) is 17.3 Å². The van der Waals surface area contributed by atoms with Gasteiger partial charge in [-0.1, -0.05) is 10.7 Å². The van der Waals surface area contributed by atoms with Crippen molar-refractivity contribution in [2.24, 2.45) is 22.1 Å². The van der Waals surface area contributed by atoms with Gasteiger partial charge in [0.1, 0.15) is 12.4 Å². The van der Waals surface area contributed by atoms with Crippen LogP contribution in [0.5, 0.6) is 0 Å². The largest absolute Gasteiger partial charge is 0.320 e. The van der Waals surface area contributed by atoms with E-state index in [1.165, 1.54) is 0 Å². The van der Waals surface area contributed by atoms with Crippen LogP contribution in [0.3, 0.4) is 0 Å². The van der Waals surface area contributed by atoms with Gasteiger partial charge in [-0.25, -0.2) is 0 Å². The van der Waals surface area contributed by atoms with Crippen LogP contribution in [0.25, 0.3) is 0 Å². The number of amides is 1. The lowest BCUT2D eigenvalue weighted by molar-refractivity contribution is -0.121. The number of benzene rings is 1. The molecule has 0 fully saturated rings. The van der Waals surface area contributed by atoms with E-state index in [9.17, 15) is 4.79 Å². The fourth-order valence-corrected chi connectivity index (χ4v) is 3.98. The van der Waals surface area contributed by atoms with Crippen LogP contribution < -0.4 is 14.8 Å².